The van der Waals surface area contributed by atoms with E-state index < -0.39 is 5.54 Å². The van der Waals surface area contributed by atoms with E-state index in [1.807, 2.05) is 0 Å². The van der Waals surface area contributed by atoms with Gasteiger partial charge in [-0.2, -0.15) is 10.2 Å². The van der Waals surface area contributed by atoms with Gasteiger partial charge in [0.15, 0.2) is 5.54 Å². The lowest BCUT2D eigenvalue weighted by Gasteiger charge is -2.17. The SMILES string of the molecule is O=C1C[C@]2(CCN=N2)C(=O)N1c1ccc(Br)cc1. The molecule has 0 N–H and O–H groups in total. The highest BCUT2D eigenvalue weighted by Gasteiger charge is 2.54. The van der Waals surface area contributed by atoms with Gasteiger partial charge in [0.1, 0.15) is 0 Å². The predicted octanol–water partition coefficient (Wildman–Crippen LogP) is 2.31. The average molecular weight is 308 g/mol. The predicted molar refractivity (Wildman–Crippen MR) is 68.3 cm³/mol. The Balaban J connectivity index is 1.98. The molecule has 0 aliphatic carbocycles. The third-order valence-corrected chi connectivity index (χ3v) is 3.80. The largest absolute Gasteiger partial charge is 0.274 e. The van der Waals surface area contributed by atoms with Gasteiger partial charge in [-0.15, -0.1) is 0 Å². The van der Waals surface area contributed by atoms with Gasteiger partial charge >= 0.3 is 0 Å². The van der Waals surface area contributed by atoms with E-state index in [1.54, 1.807) is 24.3 Å². The fourth-order valence-electron chi connectivity index (χ4n) is 2.32. The number of halogens is 1. The van der Waals surface area contributed by atoms with E-state index >= 15 is 0 Å². The summed E-state index contributed by atoms with van der Waals surface area (Å²) in [7, 11) is 0. The molecule has 2 amide bonds. The summed E-state index contributed by atoms with van der Waals surface area (Å²) in [6.07, 6.45) is 0.663. The lowest BCUT2D eigenvalue weighted by molar-refractivity contribution is -0.122. The number of nitrogens with zero attached hydrogens (tertiary/aromatic N) is 3. The Bertz CT molecular complexity index is 555. The molecule has 1 aromatic carbocycles. The highest BCUT2D eigenvalue weighted by atomic mass is 79.9. The van der Waals surface area contributed by atoms with Crippen molar-refractivity contribution in [2.45, 2.75) is 18.4 Å². The van der Waals surface area contributed by atoms with Crippen molar-refractivity contribution in [3.8, 4) is 0 Å². The first-order valence-corrected chi connectivity index (χ1v) is 6.43. The van der Waals surface area contributed by atoms with Crippen LogP contribution in [0.3, 0.4) is 0 Å². The van der Waals surface area contributed by atoms with Crippen LogP contribution >= 0.6 is 15.9 Å². The Hall–Kier alpha value is -1.56. The van der Waals surface area contributed by atoms with Crippen LogP contribution in [0.5, 0.6) is 0 Å². The molecular formula is C12H10BrN3O2. The molecule has 3 rings (SSSR count). The summed E-state index contributed by atoms with van der Waals surface area (Å²) >= 11 is 3.32. The second-order valence-corrected chi connectivity index (χ2v) is 5.35. The number of hydrogen-bond acceptors (Lipinski definition) is 4. The molecule has 0 unspecified atom stereocenters. The fourth-order valence-corrected chi connectivity index (χ4v) is 2.59. The molecule has 1 aromatic rings. The summed E-state index contributed by atoms with van der Waals surface area (Å²) < 4.78 is 0.903. The van der Waals surface area contributed by atoms with Crippen LogP contribution in [0, 0.1) is 0 Å². The van der Waals surface area contributed by atoms with Crippen LogP contribution in [0.15, 0.2) is 39.0 Å². The van der Waals surface area contributed by atoms with Crippen molar-refractivity contribution in [3.63, 3.8) is 0 Å². The van der Waals surface area contributed by atoms with E-state index in [0.717, 1.165) is 4.47 Å². The van der Waals surface area contributed by atoms with Crippen LogP contribution in [0.1, 0.15) is 12.8 Å². The third-order valence-electron chi connectivity index (χ3n) is 3.27. The van der Waals surface area contributed by atoms with Gasteiger partial charge in [-0.25, -0.2) is 4.90 Å². The maximum Gasteiger partial charge on any atom is 0.264 e. The Morgan fingerprint density at radius 3 is 2.56 bits per heavy atom. The van der Waals surface area contributed by atoms with Gasteiger partial charge in [0, 0.05) is 10.9 Å². The quantitative estimate of drug-likeness (QED) is 0.747. The number of benzene rings is 1. The zero-order chi connectivity index (χ0) is 12.8. The van der Waals surface area contributed by atoms with Crippen molar-refractivity contribution in [1.82, 2.24) is 0 Å². The minimum absolute atomic E-state index is 0.130. The number of carbonyl (C=O) groups is 2. The van der Waals surface area contributed by atoms with Crippen molar-refractivity contribution in [2.24, 2.45) is 10.2 Å². The van der Waals surface area contributed by atoms with Crippen LogP contribution in [0.2, 0.25) is 0 Å². The summed E-state index contributed by atoms with van der Waals surface area (Å²) in [5, 5.41) is 7.86. The van der Waals surface area contributed by atoms with Gasteiger partial charge < -0.3 is 0 Å². The van der Waals surface area contributed by atoms with Crippen molar-refractivity contribution >= 4 is 33.4 Å². The molecule has 0 radical (unpaired) electrons. The molecule has 1 fully saturated rings. The molecule has 2 aliphatic heterocycles. The van der Waals surface area contributed by atoms with E-state index in [-0.39, 0.29) is 18.2 Å². The number of anilines is 1. The molecule has 1 saturated heterocycles. The molecule has 2 heterocycles. The summed E-state index contributed by atoms with van der Waals surface area (Å²) in [6, 6.07) is 7.09. The minimum Gasteiger partial charge on any atom is -0.274 e. The fraction of sp³-hybridized carbons (Fsp3) is 0.333. The second kappa shape index (κ2) is 3.98. The lowest BCUT2D eigenvalue weighted by atomic mass is 9.96. The summed E-state index contributed by atoms with van der Waals surface area (Å²) in [4.78, 5) is 25.6. The third kappa shape index (κ3) is 1.59. The van der Waals surface area contributed by atoms with E-state index in [1.165, 1.54) is 4.90 Å². The number of carbonyl (C=O) groups excluding carboxylic acids is 2. The highest BCUT2D eigenvalue weighted by Crippen LogP contribution is 2.37. The Labute approximate surface area is 112 Å². The van der Waals surface area contributed by atoms with Gasteiger partial charge in [-0.3, -0.25) is 9.59 Å². The lowest BCUT2D eigenvalue weighted by Crippen LogP contribution is -2.38. The summed E-state index contributed by atoms with van der Waals surface area (Å²) in [5.41, 5.74) is -0.336. The van der Waals surface area contributed by atoms with Crippen LogP contribution < -0.4 is 4.90 Å². The molecular weight excluding hydrogens is 298 g/mol. The minimum atomic E-state index is -0.926. The normalized spacial score (nSPS) is 26.6. The van der Waals surface area contributed by atoms with Gasteiger partial charge in [-0.1, -0.05) is 15.9 Å². The number of rotatable bonds is 1. The molecule has 1 atom stereocenters. The molecule has 5 nitrogen and oxygen atoms in total. The highest BCUT2D eigenvalue weighted by molar-refractivity contribution is 9.10. The van der Waals surface area contributed by atoms with E-state index in [9.17, 15) is 9.59 Å². The van der Waals surface area contributed by atoms with Crippen LogP contribution in [-0.2, 0) is 9.59 Å². The van der Waals surface area contributed by atoms with Crippen molar-refractivity contribution in [2.75, 3.05) is 11.4 Å². The summed E-state index contributed by atoms with van der Waals surface area (Å²) in [6.45, 7) is 0.521. The standard InChI is InChI=1S/C12H10BrN3O2/c13-8-1-3-9(4-2-8)16-10(17)7-12(11(16)18)5-6-14-15-12/h1-4H,5-7H2/t12-/m1/s1. The molecule has 6 heteroatoms. The molecule has 18 heavy (non-hydrogen) atoms. The van der Waals surface area contributed by atoms with Gasteiger partial charge in [-0.05, 0) is 24.3 Å². The maximum absolute atomic E-state index is 12.4. The average Bonchev–Trinajstić information content (AvgIpc) is 2.89. The molecule has 92 valence electrons. The van der Waals surface area contributed by atoms with Crippen molar-refractivity contribution < 1.29 is 9.59 Å². The van der Waals surface area contributed by atoms with Crippen LogP contribution in [0.4, 0.5) is 5.69 Å². The number of imide groups is 1. The summed E-state index contributed by atoms with van der Waals surface area (Å²) in [5.74, 6) is -0.459. The molecule has 0 saturated carbocycles. The first kappa shape index (κ1) is 11.5. The first-order chi connectivity index (χ1) is 8.62. The monoisotopic (exact) mass is 307 g/mol. The van der Waals surface area contributed by atoms with Crippen molar-refractivity contribution in [3.05, 3.63) is 28.7 Å². The first-order valence-electron chi connectivity index (χ1n) is 5.64. The van der Waals surface area contributed by atoms with Crippen LogP contribution in [-0.4, -0.2) is 23.9 Å². The number of amides is 2. The van der Waals surface area contributed by atoms with E-state index in [0.29, 0.717) is 18.7 Å². The van der Waals surface area contributed by atoms with E-state index in [2.05, 4.69) is 26.2 Å². The zero-order valence-corrected chi connectivity index (χ0v) is 11.1. The molecule has 0 aromatic heterocycles. The Morgan fingerprint density at radius 1 is 1.22 bits per heavy atom. The number of azo groups is 1. The van der Waals surface area contributed by atoms with Gasteiger partial charge in [0.25, 0.3) is 5.91 Å². The zero-order valence-electron chi connectivity index (χ0n) is 9.47. The topological polar surface area (TPSA) is 62.1 Å². The Morgan fingerprint density at radius 2 is 1.94 bits per heavy atom. The molecule has 2 aliphatic rings. The molecule has 0 bridgehead atoms. The van der Waals surface area contributed by atoms with E-state index in [4.69, 9.17) is 0 Å². The van der Waals surface area contributed by atoms with Gasteiger partial charge in [0.05, 0.1) is 18.7 Å². The van der Waals surface area contributed by atoms with Gasteiger partial charge in [0.2, 0.25) is 5.91 Å². The van der Waals surface area contributed by atoms with Crippen molar-refractivity contribution in [1.29, 1.82) is 0 Å². The smallest absolute Gasteiger partial charge is 0.264 e. The number of hydrogen-bond donors (Lipinski definition) is 0. The molecule has 1 spiro atoms. The maximum atomic E-state index is 12.4. The van der Waals surface area contributed by atoms with Crippen LogP contribution in [0.25, 0.3) is 0 Å². The Kier molecular flexibility index (Phi) is 2.55. The second-order valence-electron chi connectivity index (χ2n) is 4.43.